The van der Waals surface area contributed by atoms with Crippen LogP contribution >= 0.6 is 0 Å². The van der Waals surface area contributed by atoms with Crippen LogP contribution in [0.25, 0.3) is 0 Å². The van der Waals surface area contributed by atoms with E-state index in [2.05, 4.69) is 69.2 Å². The molecule has 0 aromatic carbocycles. The average Bonchev–Trinajstić information content (AvgIpc) is 2.52. The van der Waals surface area contributed by atoms with Crippen molar-refractivity contribution in [2.75, 3.05) is 0 Å². The maximum atomic E-state index is 11.9. The fourth-order valence-electron chi connectivity index (χ4n) is 7.12. The summed E-state index contributed by atoms with van der Waals surface area (Å²) in [4.78, 5) is 11.9. The third-order valence-electron chi connectivity index (χ3n) is 8.48. The number of hydrogen-bond acceptors (Lipinski definition) is 2. The molecule has 0 heterocycles. The van der Waals surface area contributed by atoms with Gasteiger partial charge < -0.3 is 4.43 Å². The van der Waals surface area contributed by atoms with Crippen molar-refractivity contribution in [3.63, 3.8) is 0 Å². The van der Waals surface area contributed by atoms with Crippen molar-refractivity contribution in [2.24, 2.45) is 16.7 Å². The van der Waals surface area contributed by atoms with Gasteiger partial charge in [-0.3, -0.25) is 4.79 Å². The first-order valence-electron chi connectivity index (χ1n) is 11.2. The predicted molar refractivity (Wildman–Crippen MR) is 119 cm³/mol. The topological polar surface area (TPSA) is 26.3 Å². The van der Waals surface area contributed by atoms with E-state index in [4.69, 9.17) is 4.43 Å². The third-order valence-corrected chi connectivity index (χ3v) is 14.6. The number of allylic oxidation sites excluding steroid dienone is 2. The van der Waals surface area contributed by atoms with Gasteiger partial charge in [0.25, 0.3) is 0 Å². The molecular weight excluding hydrogens is 348 g/mol. The van der Waals surface area contributed by atoms with Crippen molar-refractivity contribution in [3.05, 3.63) is 11.1 Å². The molecular formula is C24H44O2Si. The molecule has 0 spiro atoms. The molecule has 2 rings (SSSR count). The van der Waals surface area contributed by atoms with Crippen LogP contribution in [-0.2, 0) is 9.22 Å². The maximum absolute atomic E-state index is 11.9. The van der Waals surface area contributed by atoms with Crippen molar-refractivity contribution in [2.45, 2.75) is 118 Å². The van der Waals surface area contributed by atoms with Crippen LogP contribution in [0.1, 0.15) is 94.9 Å². The average molecular weight is 393 g/mol. The van der Waals surface area contributed by atoms with E-state index in [9.17, 15) is 4.79 Å². The summed E-state index contributed by atoms with van der Waals surface area (Å²) in [6.07, 6.45) is 5.87. The Hall–Kier alpha value is -0.413. The van der Waals surface area contributed by atoms with Gasteiger partial charge >= 0.3 is 0 Å². The molecule has 3 heteroatoms. The molecule has 0 unspecified atom stereocenters. The summed E-state index contributed by atoms with van der Waals surface area (Å²) in [5.41, 5.74) is 4.35. The van der Waals surface area contributed by atoms with Gasteiger partial charge in [0.15, 0.2) is 0 Å². The van der Waals surface area contributed by atoms with Crippen LogP contribution in [0.2, 0.25) is 16.6 Å². The summed E-state index contributed by atoms with van der Waals surface area (Å²) in [7, 11) is -1.91. The molecule has 0 aromatic heterocycles. The molecule has 27 heavy (non-hydrogen) atoms. The zero-order valence-corrected chi connectivity index (χ0v) is 20.6. The van der Waals surface area contributed by atoms with Crippen molar-refractivity contribution in [1.29, 1.82) is 0 Å². The van der Waals surface area contributed by atoms with Crippen molar-refractivity contribution >= 4 is 14.6 Å². The first kappa shape index (κ1) is 22.9. The van der Waals surface area contributed by atoms with Gasteiger partial charge in [-0.05, 0) is 71.6 Å². The lowest BCUT2D eigenvalue weighted by Gasteiger charge is -2.59. The Morgan fingerprint density at radius 1 is 1.00 bits per heavy atom. The van der Waals surface area contributed by atoms with E-state index in [1.807, 2.05) is 0 Å². The summed E-state index contributed by atoms with van der Waals surface area (Å²) < 4.78 is 7.30. The van der Waals surface area contributed by atoms with Gasteiger partial charge in [-0.25, -0.2) is 0 Å². The SMILES string of the molecule is CC1=C(C=O)[C@@]2(C)CC[C@H](O[Si](C(C)C)(C(C)C)C(C)C)C(C)(C)[C@@H]2CC1. The molecule has 2 aliphatic rings. The van der Waals surface area contributed by atoms with Crippen LogP contribution in [-0.4, -0.2) is 20.7 Å². The first-order valence-corrected chi connectivity index (χ1v) is 13.3. The molecule has 0 N–H and O–H groups in total. The normalized spacial score (nSPS) is 31.6. The Labute approximate surface area is 169 Å². The molecule has 0 bridgehead atoms. The van der Waals surface area contributed by atoms with Crippen molar-refractivity contribution in [1.82, 2.24) is 0 Å². The number of carbonyl (C=O) groups is 1. The number of fused-ring (bicyclic) bond motifs is 1. The highest BCUT2D eigenvalue weighted by molar-refractivity contribution is 6.77. The lowest BCUT2D eigenvalue weighted by Crippen LogP contribution is -2.58. The van der Waals surface area contributed by atoms with Crippen LogP contribution in [0.4, 0.5) is 0 Å². The largest absolute Gasteiger partial charge is 0.413 e. The molecule has 156 valence electrons. The van der Waals surface area contributed by atoms with E-state index in [0.717, 1.165) is 31.1 Å². The molecule has 1 fully saturated rings. The van der Waals surface area contributed by atoms with Crippen molar-refractivity contribution in [3.8, 4) is 0 Å². The molecule has 0 saturated heterocycles. The Bertz CT molecular complexity index is 565. The van der Waals surface area contributed by atoms with Crippen LogP contribution in [0.3, 0.4) is 0 Å². The molecule has 2 nitrogen and oxygen atoms in total. The van der Waals surface area contributed by atoms with E-state index in [0.29, 0.717) is 28.6 Å². The highest BCUT2D eigenvalue weighted by atomic mass is 28.4. The summed E-state index contributed by atoms with van der Waals surface area (Å²) in [5, 5.41) is 0. The monoisotopic (exact) mass is 392 g/mol. The molecule has 0 aliphatic heterocycles. The van der Waals surface area contributed by atoms with E-state index < -0.39 is 8.32 Å². The summed E-state index contributed by atoms with van der Waals surface area (Å²) >= 11 is 0. The second-order valence-corrected chi connectivity index (χ2v) is 16.5. The van der Waals surface area contributed by atoms with E-state index >= 15 is 0 Å². The summed E-state index contributed by atoms with van der Waals surface area (Å²) in [5.74, 6) is 0.519. The fraction of sp³-hybridized carbons (Fsp3) is 0.875. The van der Waals surface area contributed by atoms with Gasteiger partial charge in [0.2, 0.25) is 8.32 Å². The lowest BCUT2D eigenvalue weighted by molar-refractivity contribution is -0.112. The van der Waals surface area contributed by atoms with Gasteiger partial charge in [0.05, 0.1) is 6.10 Å². The highest BCUT2D eigenvalue weighted by Crippen LogP contribution is 2.60. The third kappa shape index (κ3) is 3.52. The molecule has 1 saturated carbocycles. The molecule has 0 aromatic rings. The Kier molecular flexibility index (Phi) is 6.59. The summed E-state index contributed by atoms with van der Waals surface area (Å²) in [6.45, 7) is 23.6. The number of carbonyl (C=O) groups excluding carboxylic acids is 1. The van der Waals surface area contributed by atoms with Crippen LogP contribution < -0.4 is 0 Å². The van der Waals surface area contributed by atoms with Gasteiger partial charge in [-0.1, -0.05) is 67.9 Å². The van der Waals surface area contributed by atoms with Gasteiger partial charge in [-0.2, -0.15) is 0 Å². The van der Waals surface area contributed by atoms with Crippen LogP contribution in [0.5, 0.6) is 0 Å². The molecule has 2 aliphatic carbocycles. The van der Waals surface area contributed by atoms with Crippen LogP contribution in [0.15, 0.2) is 11.1 Å². The van der Waals surface area contributed by atoms with E-state index in [-0.39, 0.29) is 10.8 Å². The maximum Gasteiger partial charge on any atom is 0.200 e. The Morgan fingerprint density at radius 3 is 1.96 bits per heavy atom. The number of aldehydes is 1. The van der Waals surface area contributed by atoms with Crippen LogP contribution in [0, 0.1) is 16.7 Å². The molecule has 3 atom stereocenters. The van der Waals surface area contributed by atoms with Crippen molar-refractivity contribution < 1.29 is 9.22 Å². The minimum absolute atomic E-state index is 0.0190. The Balaban J connectivity index is 2.42. The lowest BCUT2D eigenvalue weighted by atomic mass is 9.49. The fourth-order valence-corrected chi connectivity index (χ4v) is 12.9. The minimum Gasteiger partial charge on any atom is -0.413 e. The minimum atomic E-state index is -1.91. The van der Waals surface area contributed by atoms with Gasteiger partial charge in [0.1, 0.15) is 6.29 Å². The second kappa shape index (κ2) is 7.78. The van der Waals surface area contributed by atoms with E-state index in [1.54, 1.807) is 0 Å². The van der Waals surface area contributed by atoms with E-state index in [1.165, 1.54) is 12.0 Å². The van der Waals surface area contributed by atoms with Gasteiger partial charge in [-0.15, -0.1) is 0 Å². The number of rotatable bonds is 6. The number of hydrogen-bond donors (Lipinski definition) is 0. The predicted octanol–water partition coefficient (Wildman–Crippen LogP) is 7.30. The molecule has 0 amide bonds. The molecule has 0 radical (unpaired) electrons. The quantitative estimate of drug-likeness (QED) is 0.350. The van der Waals surface area contributed by atoms with Gasteiger partial charge in [0, 0.05) is 0 Å². The summed E-state index contributed by atoms with van der Waals surface area (Å²) in [6, 6.07) is 0. The second-order valence-electron chi connectivity index (χ2n) is 11.1. The standard InChI is InChI=1S/C24H44O2Si/c1-16(2)27(17(3)4,18(5)6)26-22-13-14-24(10)20(15-25)19(7)11-12-21(24)23(22,8)9/h15-18,21-22H,11-14H2,1-10H3/t21-,22-,24+/m0/s1. The highest BCUT2D eigenvalue weighted by Gasteiger charge is 2.57. The first-order chi connectivity index (χ1) is 12.4. The zero-order valence-electron chi connectivity index (χ0n) is 19.6. The smallest absolute Gasteiger partial charge is 0.200 e. The Morgan fingerprint density at radius 2 is 1.52 bits per heavy atom. The zero-order chi connectivity index (χ0) is 20.8.